The van der Waals surface area contributed by atoms with Crippen LogP contribution in [0.3, 0.4) is 0 Å². The molecular formula is C10H8INO2. The number of nitrogens with zero attached hydrogens (tertiary/aromatic N) is 1. The predicted octanol–water partition coefficient (Wildman–Crippen LogP) is 1.45. The van der Waals surface area contributed by atoms with Gasteiger partial charge in [0.25, 0.3) is 5.91 Å². The monoisotopic (exact) mass is 301 g/mol. The van der Waals surface area contributed by atoms with Crippen molar-refractivity contribution in [1.82, 2.24) is 4.90 Å². The first-order valence-corrected chi connectivity index (χ1v) is 5.27. The fourth-order valence-corrected chi connectivity index (χ4v) is 2.30. The Labute approximate surface area is 95.2 Å². The standard InChI is InChI=1S/C10H8INO2/c1-12-8(13)5-6-3-2-4-7(11)9(6)10(12)14/h2-4H,5H2,1H3. The lowest BCUT2D eigenvalue weighted by molar-refractivity contribution is -0.127. The molecule has 14 heavy (non-hydrogen) atoms. The Balaban J connectivity index is 2.62. The van der Waals surface area contributed by atoms with Crippen LogP contribution >= 0.6 is 22.6 Å². The van der Waals surface area contributed by atoms with Crippen LogP contribution < -0.4 is 0 Å². The van der Waals surface area contributed by atoms with Crippen LogP contribution in [0.2, 0.25) is 0 Å². The SMILES string of the molecule is CN1C(=O)Cc2cccc(I)c2C1=O. The largest absolute Gasteiger partial charge is 0.281 e. The third-order valence-corrected chi connectivity index (χ3v) is 3.23. The quantitative estimate of drug-likeness (QED) is 0.537. The molecule has 0 saturated heterocycles. The summed E-state index contributed by atoms with van der Waals surface area (Å²) < 4.78 is 0.907. The van der Waals surface area contributed by atoms with Crippen molar-refractivity contribution < 1.29 is 9.59 Å². The van der Waals surface area contributed by atoms with Gasteiger partial charge in [0.15, 0.2) is 0 Å². The minimum absolute atomic E-state index is 0.135. The molecule has 0 atom stereocenters. The third kappa shape index (κ3) is 1.33. The first-order valence-electron chi connectivity index (χ1n) is 4.19. The first kappa shape index (κ1) is 9.64. The Hall–Kier alpha value is -0.910. The molecule has 0 radical (unpaired) electrons. The summed E-state index contributed by atoms with van der Waals surface area (Å²) in [5.74, 6) is -0.328. The molecule has 1 aromatic carbocycles. The van der Waals surface area contributed by atoms with E-state index in [9.17, 15) is 9.59 Å². The number of amides is 2. The number of imide groups is 1. The summed E-state index contributed by atoms with van der Waals surface area (Å²) >= 11 is 2.12. The summed E-state index contributed by atoms with van der Waals surface area (Å²) in [6, 6.07) is 5.58. The van der Waals surface area contributed by atoms with Crippen LogP contribution in [0.25, 0.3) is 0 Å². The maximum Gasteiger partial charge on any atom is 0.261 e. The van der Waals surface area contributed by atoms with Gasteiger partial charge < -0.3 is 0 Å². The van der Waals surface area contributed by atoms with E-state index in [-0.39, 0.29) is 11.8 Å². The zero-order chi connectivity index (χ0) is 10.3. The summed E-state index contributed by atoms with van der Waals surface area (Å²) in [5, 5.41) is 0. The predicted molar refractivity (Wildman–Crippen MR) is 60.0 cm³/mol. The molecule has 0 spiro atoms. The van der Waals surface area contributed by atoms with E-state index in [4.69, 9.17) is 0 Å². The van der Waals surface area contributed by atoms with Crippen molar-refractivity contribution in [1.29, 1.82) is 0 Å². The van der Waals surface area contributed by atoms with Crippen LogP contribution in [0.15, 0.2) is 18.2 Å². The topological polar surface area (TPSA) is 37.4 Å². The number of hydrogen-bond donors (Lipinski definition) is 0. The molecule has 3 nitrogen and oxygen atoms in total. The molecule has 0 aromatic heterocycles. The number of halogens is 1. The zero-order valence-corrected chi connectivity index (χ0v) is 9.74. The summed E-state index contributed by atoms with van der Waals surface area (Å²) in [4.78, 5) is 24.3. The Kier molecular flexibility index (Phi) is 2.30. The molecule has 0 aliphatic carbocycles. The molecule has 0 N–H and O–H groups in total. The van der Waals surface area contributed by atoms with Gasteiger partial charge in [0.2, 0.25) is 5.91 Å². The highest BCUT2D eigenvalue weighted by molar-refractivity contribution is 14.1. The molecule has 1 heterocycles. The van der Waals surface area contributed by atoms with Crippen LogP contribution in [0.1, 0.15) is 15.9 Å². The lowest BCUT2D eigenvalue weighted by Crippen LogP contribution is -2.39. The van der Waals surface area contributed by atoms with Crippen molar-refractivity contribution in [2.75, 3.05) is 7.05 Å². The van der Waals surface area contributed by atoms with Crippen molar-refractivity contribution in [2.45, 2.75) is 6.42 Å². The van der Waals surface area contributed by atoms with E-state index < -0.39 is 0 Å². The van der Waals surface area contributed by atoms with Gasteiger partial charge in [-0.3, -0.25) is 14.5 Å². The molecule has 1 aromatic rings. The van der Waals surface area contributed by atoms with Crippen molar-refractivity contribution in [3.63, 3.8) is 0 Å². The fourth-order valence-electron chi connectivity index (χ4n) is 1.52. The second-order valence-corrected chi connectivity index (χ2v) is 4.37. The van der Waals surface area contributed by atoms with Gasteiger partial charge in [-0.1, -0.05) is 12.1 Å². The fraction of sp³-hybridized carbons (Fsp3) is 0.200. The van der Waals surface area contributed by atoms with Crippen molar-refractivity contribution >= 4 is 34.4 Å². The number of benzene rings is 1. The highest BCUT2D eigenvalue weighted by Gasteiger charge is 2.29. The van der Waals surface area contributed by atoms with Crippen molar-refractivity contribution in [3.8, 4) is 0 Å². The number of likely N-dealkylation sites (N-methyl/N-ethyl adjacent to an activating group) is 1. The molecule has 1 aliphatic heterocycles. The highest BCUT2D eigenvalue weighted by Crippen LogP contribution is 2.23. The van der Waals surface area contributed by atoms with Crippen molar-refractivity contribution in [2.24, 2.45) is 0 Å². The molecule has 4 heteroatoms. The molecule has 0 saturated carbocycles. The van der Waals surface area contributed by atoms with Gasteiger partial charge in [0, 0.05) is 10.6 Å². The third-order valence-electron chi connectivity index (χ3n) is 2.33. The molecule has 2 amide bonds. The Morgan fingerprint density at radius 1 is 1.36 bits per heavy atom. The van der Waals surface area contributed by atoms with Crippen LogP contribution in [0.5, 0.6) is 0 Å². The van der Waals surface area contributed by atoms with Gasteiger partial charge in [0.1, 0.15) is 0 Å². The summed E-state index contributed by atoms with van der Waals surface area (Å²) in [7, 11) is 1.52. The number of carbonyl (C=O) groups excluding carboxylic acids is 2. The van der Waals surface area contributed by atoms with Gasteiger partial charge in [-0.15, -0.1) is 0 Å². The summed E-state index contributed by atoms with van der Waals surface area (Å²) in [6.45, 7) is 0. The minimum Gasteiger partial charge on any atom is -0.281 e. The lowest BCUT2D eigenvalue weighted by atomic mass is 9.99. The van der Waals surface area contributed by atoms with Gasteiger partial charge in [0.05, 0.1) is 12.0 Å². The van der Waals surface area contributed by atoms with Gasteiger partial charge >= 0.3 is 0 Å². The summed E-state index contributed by atoms with van der Waals surface area (Å²) in [5.41, 5.74) is 1.51. The van der Waals surface area contributed by atoms with Crippen molar-refractivity contribution in [3.05, 3.63) is 32.9 Å². The minimum atomic E-state index is -0.193. The number of hydrogen-bond acceptors (Lipinski definition) is 2. The molecule has 2 rings (SSSR count). The first-order chi connectivity index (χ1) is 6.61. The second kappa shape index (κ2) is 3.34. The van der Waals surface area contributed by atoms with E-state index in [0.29, 0.717) is 12.0 Å². The average Bonchev–Trinajstić information content (AvgIpc) is 2.14. The highest BCUT2D eigenvalue weighted by atomic mass is 127. The molecular weight excluding hydrogens is 293 g/mol. The Morgan fingerprint density at radius 3 is 2.79 bits per heavy atom. The smallest absolute Gasteiger partial charge is 0.261 e. The van der Waals surface area contributed by atoms with E-state index in [1.165, 1.54) is 11.9 Å². The van der Waals surface area contributed by atoms with Crippen LogP contribution in [0.4, 0.5) is 0 Å². The van der Waals surface area contributed by atoms with Crippen LogP contribution in [-0.2, 0) is 11.2 Å². The van der Waals surface area contributed by atoms with Gasteiger partial charge in [-0.25, -0.2) is 0 Å². The van der Waals surface area contributed by atoms with E-state index in [0.717, 1.165) is 9.13 Å². The summed E-state index contributed by atoms with van der Waals surface area (Å²) in [6.07, 6.45) is 0.328. The molecule has 0 unspecified atom stereocenters. The average molecular weight is 301 g/mol. The van der Waals surface area contributed by atoms with E-state index in [1.807, 2.05) is 18.2 Å². The molecule has 0 fully saturated rings. The normalized spacial score (nSPS) is 15.7. The van der Waals surface area contributed by atoms with Crippen LogP contribution in [0, 0.1) is 3.57 Å². The molecule has 0 bridgehead atoms. The second-order valence-electron chi connectivity index (χ2n) is 3.21. The molecule has 1 aliphatic rings. The number of carbonyl (C=O) groups is 2. The van der Waals surface area contributed by atoms with Gasteiger partial charge in [-0.2, -0.15) is 0 Å². The van der Waals surface area contributed by atoms with E-state index >= 15 is 0 Å². The zero-order valence-electron chi connectivity index (χ0n) is 7.58. The van der Waals surface area contributed by atoms with E-state index in [1.54, 1.807) is 0 Å². The Morgan fingerprint density at radius 2 is 2.07 bits per heavy atom. The Bertz CT molecular complexity index is 428. The lowest BCUT2D eigenvalue weighted by Gasteiger charge is -2.23. The number of rotatable bonds is 0. The maximum absolute atomic E-state index is 11.7. The maximum atomic E-state index is 11.7. The molecule has 72 valence electrons. The van der Waals surface area contributed by atoms with E-state index in [2.05, 4.69) is 22.6 Å². The van der Waals surface area contributed by atoms with Gasteiger partial charge in [-0.05, 0) is 34.2 Å². The van der Waals surface area contributed by atoms with Crippen LogP contribution in [-0.4, -0.2) is 23.8 Å². The number of fused-ring (bicyclic) bond motifs is 1.